The molecule has 2 saturated heterocycles. The number of urea groups is 1. The summed E-state index contributed by atoms with van der Waals surface area (Å²) in [7, 11) is -3.13. The first-order valence-electron chi connectivity index (χ1n) is 9.48. The Morgan fingerprint density at radius 2 is 2.21 bits per heavy atom. The fraction of sp³-hybridized carbons (Fsp3) is 0.611. The van der Waals surface area contributed by atoms with Crippen LogP contribution in [0, 0.1) is 0 Å². The van der Waals surface area contributed by atoms with Crippen LogP contribution in [0.2, 0.25) is 0 Å². The van der Waals surface area contributed by atoms with Gasteiger partial charge in [-0.2, -0.15) is 0 Å². The lowest BCUT2D eigenvalue weighted by Gasteiger charge is -2.31. The molecule has 8 nitrogen and oxygen atoms in total. The van der Waals surface area contributed by atoms with Crippen LogP contribution in [-0.2, 0) is 31.4 Å². The molecule has 28 heavy (non-hydrogen) atoms. The summed E-state index contributed by atoms with van der Waals surface area (Å²) in [6, 6.07) is 0.924. The van der Waals surface area contributed by atoms with Gasteiger partial charge in [-0.05, 0) is 44.1 Å². The van der Waals surface area contributed by atoms with E-state index in [1.807, 2.05) is 11.4 Å². The lowest BCUT2D eigenvalue weighted by molar-refractivity contribution is -0.140. The lowest BCUT2D eigenvalue weighted by Crippen LogP contribution is -2.49. The average Bonchev–Trinajstić information content (AvgIpc) is 3.31. The van der Waals surface area contributed by atoms with Crippen molar-refractivity contribution in [1.82, 2.24) is 15.1 Å². The van der Waals surface area contributed by atoms with Crippen LogP contribution in [0.4, 0.5) is 4.79 Å². The first kappa shape index (κ1) is 19.4. The predicted octanol–water partition coefficient (Wildman–Crippen LogP) is 0.867. The van der Waals surface area contributed by atoms with E-state index < -0.39 is 33.4 Å². The van der Waals surface area contributed by atoms with Crippen LogP contribution in [-0.4, -0.2) is 66.7 Å². The Balaban J connectivity index is 1.54. The lowest BCUT2D eigenvalue weighted by atomic mass is 9.80. The third kappa shape index (κ3) is 3.02. The number of sulfone groups is 1. The molecule has 1 aromatic heterocycles. The molecule has 4 rings (SSSR count). The second kappa shape index (κ2) is 6.84. The first-order chi connectivity index (χ1) is 13.3. The van der Waals surface area contributed by atoms with Crippen molar-refractivity contribution in [1.29, 1.82) is 0 Å². The third-order valence-electron chi connectivity index (χ3n) is 5.94. The highest BCUT2D eigenvalue weighted by molar-refractivity contribution is 7.91. The van der Waals surface area contributed by atoms with Crippen LogP contribution in [0.5, 0.6) is 0 Å². The van der Waals surface area contributed by atoms with E-state index in [1.54, 1.807) is 18.3 Å². The summed E-state index contributed by atoms with van der Waals surface area (Å²) in [5, 5.41) is 4.75. The van der Waals surface area contributed by atoms with Gasteiger partial charge >= 0.3 is 6.03 Å². The highest BCUT2D eigenvalue weighted by Crippen LogP contribution is 2.42. The Morgan fingerprint density at radius 3 is 2.89 bits per heavy atom. The van der Waals surface area contributed by atoms with E-state index in [0.29, 0.717) is 19.4 Å². The van der Waals surface area contributed by atoms with Crippen LogP contribution in [0.25, 0.3) is 0 Å². The van der Waals surface area contributed by atoms with Crippen LogP contribution in [0.15, 0.2) is 11.4 Å². The fourth-order valence-corrected chi connectivity index (χ4v) is 7.30. The van der Waals surface area contributed by atoms with Crippen molar-refractivity contribution in [3.63, 3.8) is 0 Å². The summed E-state index contributed by atoms with van der Waals surface area (Å²) in [6.07, 6.45) is 2.59. The Hall–Kier alpha value is -1.94. The van der Waals surface area contributed by atoms with Crippen molar-refractivity contribution in [3.05, 3.63) is 21.9 Å². The molecule has 4 amide bonds. The van der Waals surface area contributed by atoms with Gasteiger partial charge in [0.1, 0.15) is 12.1 Å². The molecule has 1 aromatic rings. The molecule has 2 aliphatic heterocycles. The largest absolute Gasteiger partial charge is 0.337 e. The van der Waals surface area contributed by atoms with Gasteiger partial charge in [0.15, 0.2) is 9.84 Å². The van der Waals surface area contributed by atoms with Gasteiger partial charge in [0.2, 0.25) is 5.91 Å². The van der Waals surface area contributed by atoms with Gasteiger partial charge in [0.05, 0.1) is 11.5 Å². The highest BCUT2D eigenvalue weighted by Gasteiger charge is 2.55. The number of fused-ring (bicyclic) bond motifs is 2. The Morgan fingerprint density at radius 1 is 1.43 bits per heavy atom. The van der Waals surface area contributed by atoms with Crippen LogP contribution < -0.4 is 5.32 Å². The third-order valence-corrected chi connectivity index (χ3v) is 8.67. The standard InChI is InChI=1S/C18H23N3O5S2/c1-2-20(12-6-9-28(25,26)11-12)15(22)10-21-16(23)18(19-17(21)24)7-3-4-14-13(18)5-8-27-14/h5,8,12H,2-4,6-7,9-11H2,1H3,(H,19,24)/t12-,18+/m0/s1. The maximum Gasteiger partial charge on any atom is 0.325 e. The van der Waals surface area contributed by atoms with Crippen molar-refractivity contribution in [2.45, 2.75) is 44.2 Å². The molecule has 0 unspecified atom stereocenters. The van der Waals surface area contributed by atoms with Crippen molar-refractivity contribution in [3.8, 4) is 0 Å². The predicted molar refractivity (Wildman–Crippen MR) is 104 cm³/mol. The van der Waals surface area contributed by atoms with E-state index >= 15 is 0 Å². The average molecular weight is 426 g/mol. The second-order valence-electron chi connectivity index (χ2n) is 7.57. The van der Waals surface area contributed by atoms with Crippen molar-refractivity contribution >= 4 is 39.0 Å². The van der Waals surface area contributed by atoms with Crippen LogP contribution in [0.1, 0.15) is 36.6 Å². The Bertz CT molecular complexity index is 941. The number of amides is 4. The molecule has 2 atom stereocenters. The highest BCUT2D eigenvalue weighted by atomic mass is 32.2. The van der Waals surface area contributed by atoms with Gasteiger partial charge in [-0.15, -0.1) is 11.3 Å². The van der Waals surface area contributed by atoms with E-state index in [2.05, 4.69) is 5.32 Å². The monoisotopic (exact) mass is 425 g/mol. The minimum atomic E-state index is -3.13. The molecule has 1 aliphatic carbocycles. The van der Waals surface area contributed by atoms with Crippen molar-refractivity contribution < 1.29 is 22.8 Å². The number of carbonyl (C=O) groups is 3. The molecule has 0 bridgehead atoms. The molecule has 152 valence electrons. The number of hydrogen-bond donors (Lipinski definition) is 1. The summed E-state index contributed by atoms with van der Waals surface area (Å²) in [6.45, 7) is 1.74. The summed E-state index contributed by atoms with van der Waals surface area (Å²) in [4.78, 5) is 42.2. The zero-order chi connectivity index (χ0) is 20.1. The molecule has 0 saturated carbocycles. The number of hydrogen-bond acceptors (Lipinski definition) is 6. The number of carbonyl (C=O) groups excluding carboxylic acids is 3. The number of rotatable bonds is 4. The van der Waals surface area contributed by atoms with Crippen molar-refractivity contribution in [2.75, 3.05) is 24.6 Å². The molecule has 3 heterocycles. The van der Waals surface area contributed by atoms with Crippen LogP contribution >= 0.6 is 11.3 Å². The van der Waals surface area contributed by atoms with Gasteiger partial charge in [-0.1, -0.05) is 0 Å². The zero-order valence-corrected chi connectivity index (χ0v) is 17.3. The van der Waals surface area contributed by atoms with E-state index in [1.165, 1.54) is 4.90 Å². The summed E-state index contributed by atoms with van der Waals surface area (Å²) in [5.74, 6) is -0.782. The number of imide groups is 1. The second-order valence-corrected chi connectivity index (χ2v) is 10.8. The Kier molecular flexibility index (Phi) is 4.73. The molecule has 2 fully saturated rings. The molecule has 1 spiro atoms. The smallest absolute Gasteiger partial charge is 0.325 e. The van der Waals surface area contributed by atoms with E-state index in [4.69, 9.17) is 0 Å². The van der Waals surface area contributed by atoms with Gasteiger partial charge in [-0.25, -0.2) is 13.2 Å². The molecular formula is C18H23N3O5S2. The maximum atomic E-state index is 13.2. The molecule has 0 aromatic carbocycles. The minimum Gasteiger partial charge on any atom is -0.337 e. The fourth-order valence-electron chi connectivity index (χ4n) is 4.57. The van der Waals surface area contributed by atoms with E-state index in [9.17, 15) is 22.8 Å². The molecule has 10 heteroatoms. The van der Waals surface area contributed by atoms with Gasteiger partial charge in [0.25, 0.3) is 5.91 Å². The number of nitrogens with zero attached hydrogens (tertiary/aromatic N) is 2. The molecule has 0 radical (unpaired) electrons. The summed E-state index contributed by atoms with van der Waals surface area (Å²) in [5.41, 5.74) is -0.232. The van der Waals surface area contributed by atoms with E-state index in [-0.39, 0.29) is 24.0 Å². The quantitative estimate of drug-likeness (QED) is 0.721. The molecular weight excluding hydrogens is 402 g/mol. The first-order valence-corrected chi connectivity index (χ1v) is 12.2. The molecule has 1 N–H and O–H groups in total. The Labute approximate surface area is 167 Å². The normalized spacial score (nSPS) is 28.5. The maximum absolute atomic E-state index is 13.2. The number of aryl methyl sites for hydroxylation is 1. The number of thiophene rings is 1. The topological polar surface area (TPSA) is 104 Å². The SMILES string of the molecule is CCN(C(=O)CN1C(=O)N[C@@]2(CCCc3sccc32)C1=O)[C@H]1CCS(=O)(=O)C1. The van der Waals surface area contributed by atoms with Gasteiger partial charge in [0, 0.05) is 23.0 Å². The van der Waals surface area contributed by atoms with Crippen molar-refractivity contribution in [2.24, 2.45) is 0 Å². The zero-order valence-electron chi connectivity index (χ0n) is 15.6. The number of nitrogens with one attached hydrogen (secondary N) is 1. The molecule has 3 aliphatic rings. The number of likely N-dealkylation sites (N-methyl/N-ethyl adjacent to an activating group) is 1. The summed E-state index contributed by atoms with van der Waals surface area (Å²) < 4.78 is 23.5. The minimum absolute atomic E-state index is 0.0606. The summed E-state index contributed by atoms with van der Waals surface area (Å²) >= 11 is 1.58. The van der Waals surface area contributed by atoms with E-state index in [0.717, 1.165) is 28.2 Å². The van der Waals surface area contributed by atoms with Crippen LogP contribution in [0.3, 0.4) is 0 Å². The van der Waals surface area contributed by atoms with Gasteiger partial charge in [-0.3, -0.25) is 14.5 Å². The van der Waals surface area contributed by atoms with Gasteiger partial charge < -0.3 is 10.2 Å².